The zero-order valence-electron chi connectivity index (χ0n) is 13.3. The molecule has 1 aliphatic heterocycles. The molecule has 24 heavy (non-hydrogen) atoms. The first-order valence-corrected chi connectivity index (χ1v) is 8.12. The summed E-state index contributed by atoms with van der Waals surface area (Å²) >= 11 is 0. The minimum absolute atomic E-state index is 0.117. The molecule has 2 aromatic rings. The van der Waals surface area contributed by atoms with Crippen LogP contribution in [0.3, 0.4) is 0 Å². The van der Waals surface area contributed by atoms with Crippen molar-refractivity contribution in [2.75, 3.05) is 13.1 Å². The molecule has 0 spiro atoms. The van der Waals surface area contributed by atoms with Gasteiger partial charge in [-0.15, -0.1) is 0 Å². The second-order valence-electron chi connectivity index (χ2n) is 5.97. The minimum Gasteiger partial charge on any atom is -0.407 e. The number of nitro groups is 1. The zero-order chi connectivity index (χ0) is 17.1. The van der Waals surface area contributed by atoms with Crippen molar-refractivity contribution >= 4 is 22.7 Å². The van der Waals surface area contributed by atoms with Crippen LogP contribution < -0.4 is 5.76 Å². The third-order valence-corrected chi connectivity index (χ3v) is 4.34. The lowest BCUT2D eigenvalue weighted by Crippen LogP contribution is -2.35. The number of amides is 1. The molecule has 1 fully saturated rings. The molecule has 8 nitrogen and oxygen atoms in total. The fourth-order valence-corrected chi connectivity index (χ4v) is 3.07. The maximum Gasteiger partial charge on any atom is 0.419 e. The van der Waals surface area contributed by atoms with Crippen LogP contribution in [0.25, 0.3) is 11.1 Å². The molecule has 1 aromatic heterocycles. The van der Waals surface area contributed by atoms with Crippen molar-refractivity contribution in [3.8, 4) is 0 Å². The highest BCUT2D eigenvalue weighted by Crippen LogP contribution is 2.20. The number of nitrogens with zero attached hydrogens (tertiary/aromatic N) is 3. The van der Waals surface area contributed by atoms with Crippen molar-refractivity contribution in [2.24, 2.45) is 0 Å². The van der Waals surface area contributed by atoms with Crippen LogP contribution in [0.1, 0.15) is 32.1 Å². The maximum absolute atomic E-state index is 12.1. The van der Waals surface area contributed by atoms with Gasteiger partial charge < -0.3 is 9.32 Å². The zero-order valence-corrected chi connectivity index (χ0v) is 13.3. The molecular formula is C16H19N3O5. The number of piperidine rings is 1. The third-order valence-electron chi connectivity index (χ3n) is 4.34. The molecule has 0 N–H and O–H groups in total. The summed E-state index contributed by atoms with van der Waals surface area (Å²) in [5.41, 5.74) is 0.580. The highest BCUT2D eigenvalue weighted by molar-refractivity contribution is 5.77. The van der Waals surface area contributed by atoms with E-state index >= 15 is 0 Å². The van der Waals surface area contributed by atoms with Crippen LogP contribution in [0.2, 0.25) is 0 Å². The number of hydrogen-bond donors (Lipinski definition) is 0. The number of benzene rings is 1. The fraction of sp³-hybridized carbons (Fsp3) is 0.500. The Labute approximate surface area is 137 Å². The Balaban J connectivity index is 1.66. The molecule has 0 radical (unpaired) electrons. The van der Waals surface area contributed by atoms with E-state index < -0.39 is 10.7 Å². The predicted octanol–water partition coefficient (Wildman–Crippen LogP) is 2.30. The monoisotopic (exact) mass is 333 g/mol. The number of rotatable bonds is 5. The second-order valence-corrected chi connectivity index (χ2v) is 5.97. The topological polar surface area (TPSA) is 98.6 Å². The number of non-ortho nitro benzene ring substituents is 1. The first-order chi connectivity index (χ1) is 11.6. The molecule has 3 rings (SSSR count). The standard InChI is InChI=1S/C16H19N3O5/c20-15(17-8-2-1-3-9-17)5-4-10-18-13-7-6-12(19(22)23)11-14(13)24-16(18)21/h6-7,11H,1-5,8-10H2. The van der Waals surface area contributed by atoms with E-state index in [1.165, 1.54) is 29.2 Å². The molecule has 2 heterocycles. The van der Waals surface area contributed by atoms with Crippen molar-refractivity contribution in [1.29, 1.82) is 0 Å². The van der Waals surface area contributed by atoms with Crippen molar-refractivity contribution in [1.82, 2.24) is 9.47 Å². The third kappa shape index (κ3) is 3.32. The number of likely N-dealkylation sites (tertiary alicyclic amines) is 1. The Hall–Kier alpha value is -2.64. The molecule has 0 unspecified atom stereocenters. The molecule has 8 heteroatoms. The average Bonchev–Trinajstić information content (AvgIpc) is 2.90. The molecular weight excluding hydrogens is 314 g/mol. The van der Waals surface area contributed by atoms with Crippen LogP contribution in [0, 0.1) is 10.1 Å². The molecule has 0 bridgehead atoms. The number of hydrogen-bond acceptors (Lipinski definition) is 5. The molecule has 128 valence electrons. The number of aryl methyl sites for hydroxylation is 1. The molecule has 0 aliphatic carbocycles. The number of carbonyl (C=O) groups is 1. The van der Waals surface area contributed by atoms with Gasteiger partial charge in [-0.05, 0) is 31.7 Å². The van der Waals surface area contributed by atoms with Crippen LogP contribution in [-0.4, -0.2) is 33.4 Å². The Morgan fingerprint density at radius 1 is 1.25 bits per heavy atom. The molecule has 1 amide bonds. The smallest absolute Gasteiger partial charge is 0.407 e. The fourth-order valence-electron chi connectivity index (χ4n) is 3.07. The van der Waals surface area contributed by atoms with Gasteiger partial charge >= 0.3 is 5.76 Å². The lowest BCUT2D eigenvalue weighted by molar-refractivity contribution is -0.384. The Morgan fingerprint density at radius 2 is 2.00 bits per heavy atom. The van der Waals surface area contributed by atoms with Gasteiger partial charge in [0.1, 0.15) is 0 Å². The Morgan fingerprint density at radius 3 is 2.71 bits per heavy atom. The van der Waals surface area contributed by atoms with E-state index in [4.69, 9.17) is 4.42 Å². The van der Waals surface area contributed by atoms with Gasteiger partial charge in [-0.1, -0.05) is 0 Å². The summed E-state index contributed by atoms with van der Waals surface area (Å²) < 4.78 is 6.49. The quantitative estimate of drug-likeness (QED) is 0.617. The van der Waals surface area contributed by atoms with Gasteiger partial charge in [0.25, 0.3) is 5.69 Å². The first-order valence-electron chi connectivity index (χ1n) is 8.12. The molecule has 1 saturated heterocycles. The van der Waals surface area contributed by atoms with Crippen molar-refractivity contribution < 1.29 is 14.1 Å². The average molecular weight is 333 g/mol. The number of aromatic nitrogens is 1. The summed E-state index contributed by atoms with van der Waals surface area (Å²) in [7, 11) is 0. The van der Waals surface area contributed by atoms with Crippen LogP contribution >= 0.6 is 0 Å². The van der Waals surface area contributed by atoms with Crippen LogP contribution in [0.4, 0.5) is 5.69 Å². The van der Waals surface area contributed by atoms with E-state index in [0.29, 0.717) is 24.9 Å². The highest BCUT2D eigenvalue weighted by atomic mass is 16.6. The number of carbonyl (C=O) groups excluding carboxylic acids is 1. The summed E-state index contributed by atoms with van der Waals surface area (Å²) in [5.74, 6) is -0.442. The summed E-state index contributed by atoms with van der Waals surface area (Å²) in [6, 6.07) is 4.09. The van der Waals surface area contributed by atoms with Gasteiger partial charge in [0.05, 0.1) is 16.5 Å². The van der Waals surface area contributed by atoms with E-state index in [2.05, 4.69) is 0 Å². The Kier molecular flexibility index (Phi) is 4.64. The van der Waals surface area contributed by atoms with E-state index in [-0.39, 0.29) is 17.2 Å². The minimum atomic E-state index is -0.559. The summed E-state index contributed by atoms with van der Waals surface area (Å²) in [5, 5.41) is 10.8. The maximum atomic E-state index is 12.1. The Bertz CT molecular complexity index is 817. The molecule has 1 aromatic carbocycles. The molecule has 0 saturated carbocycles. The number of fused-ring (bicyclic) bond motifs is 1. The second kappa shape index (κ2) is 6.86. The van der Waals surface area contributed by atoms with Gasteiger partial charge in [-0.2, -0.15) is 0 Å². The number of nitro benzene ring substituents is 1. The summed E-state index contributed by atoms with van der Waals surface area (Å²) in [6.07, 6.45) is 4.19. The molecule has 0 atom stereocenters. The van der Waals surface area contributed by atoms with Crippen molar-refractivity contribution in [3.63, 3.8) is 0 Å². The normalized spacial score (nSPS) is 14.9. The van der Waals surface area contributed by atoms with Gasteiger partial charge in [0, 0.05) is 32.1 Å². The first kappa shape index (κ1) is 16.2. The number of oxazole rings is 1. The van der Waals surface area contributed by atoms with E-state index in [9.17, 15) is 19.7 Å². The molecule has 1 aliphatic rings. The lowest BCUT2D eigenvalue weighted by Gasteiger charge is -2.26. The van der Waals surface area contributed by atoms with E-state index in [0.717, 1.165) is 25.9 Å². The van der Waals surface area contributed by atoms with Crippen molar-refractivity contribution in [3.05, 3.63) is 38.9 Å². The highest BCUT2D eigenvalue weighted by Gasteiger charge is 2.17. The van der Waals surface area contributed by atoms with Crippen LogP contribution in [0.15, 0.2) is 27.4 Å². The summed E-state index contributed by atoms with van der Waals surface area (Å²) in [6.45, 7) is 1.98. The van der Waals surface area contributed by atoms with Gasteiger partial charge in [0.2, 0.25) is 5.91 Å². The van der Waals surface area contributed by atoms with Gasteiger partial charge in [-0.3, -0.25) is 19.5 Å². The van der Waals surface area contributed by atoms with Crippen molar-refractivity contribution in [2.45, 2.75) is 38.6 Å². The van der Waals surface area contributed by atoms with Gasteiger partial charge in [-0.25, -0.2) is 4.79 Å². The van der Waals surface area contributed by atoms with Gasteiger partial charge in [0.15, 0.2) is 5.58 Å². The predicted molar refractivity (Wildman–Crippen MR) is 86.8 cm³/mol. The summed E-state index contributed by atoms with van der Waals surface area (Å²) in [4.78, 5) is 36.2. The van der Waals surface area contributed by atoms with E-state index in [1.807, 2.05) is 4.90 Å². The SMILES string of the molecule is O=C(CCCn1c(=O)oc2cc([N+](=O)[O-])ccc21)N1CCCCC1. The largest absolute Gasteiger partial charge is 0.419 e. The van der Waals surface area contributed by atoms with Crippen LogP contribution in [0.5, 0.6) is 0 Å². The van der Waals surface area contributed by atoms with E-state index in [1.54, 1.807) is 0 Å². The van der Waals surface area contributed by atoms with Crippen LogP contribution in [-0.2, 0) is 11.3 Å². The lowest BCUT2D eigenvalue weighted by atomic mass is 10.1.